The van der Waals surface area contributed by atoms with E-state index in [9.17, 15) is 0 Å². The Morgan fingerprint density at radius 2 is 1.48 bits per heavy atom. The summed E-state index contributed by atoms with van der Waals surface area (Å²) >= 11 is 1.74. The van der Waals surface area contributed by atoms with Gasteiger partial charge in [-0.25, -0.2) is 0 Å². The molecule has 0 saturated carbocycles. The second-order valence-corrected chi connectivity index (χ2v) is 9.70. The Morgan fingerprint density at radius 1 is 0.871 bits per heavy atom. The van der Waals surface area contributed by atoms with Gasteiger partial charge in [0.05, 0.1) is 19.8 Å². The molecule has 2 aromatic rings. The molecule has 0 radical (unpaired) electrons. The number of hydrogen-bond donors (Lipinski definition) is 0. The molecule has 0 amide bonds. The van der Waals surface area contributed by atoms with Gasteiger partial charge in [-0.05, 0) is 30.7 Å². The Labute approximate surface area is 189 Å². The molecule has 5 atom stereocenters. The molecule has 2 fully saturated rings. The van der Waals surface area contributed by atoms with E-state index in [4.69, 9.17) is 23.7 Å². The predicted octanol–water partition coefficient (Wildman–Crippen LogP) is 4.79. The summed E-state index contributed by atoms with van der Waals surface area (Å²) < 4.78 is 31.5. The Hall–Kier alpha value is -1.41. The van der Waals surface area contributed by atoms with Crippen LogP contribution >= 0.6 is 11.8 Å². The summed E-state index contributed by atoms with van der Waals surface area (Å²) in [6.07, 6.45) is -0.875. The maximum atomic E-state index is 6.48. The van der Waals surface area contributed by atoms with Crippen LogP contribution in [0.25, 0.3) is 0 Å². The summed E-state index contributed by atoms with van der Waals surface area (Å²) in [4.78, 5) is 0. The summed E-state index contributed by atoms with van der Waals surface area (Å²) in [6.45, 7) is 7.53. The van der Waals surface area contributed by atoms with Crippen LogP contribution in [0.5, 0.6) is 0 Å². The van der Waals surface area contributed by atoms with Crippen molar-refractivity contribution in [1.29, 1.82) is 0 Å². The highest BCUT2D eigenvalue weighted by Crippen LogP contribution is 2.41. The van der Waals surface area contributed by atoms with Crippen LogP contribution in [-0.2, 0) is 36.9 Å². The van der Waals surface area contributed by atoms with Crippen molar-refractivity contribution in [2.24, 2.45) is 0 Å². The SMILES string of the molecule is CCS[C@@H]1O[C@H](COCc2ccccc2)[C@@H]2OC(C)(C)O[C@@H]2[C@H]1OCc1ccccc1. The standard InChI is InChI=1S/C25H32O5S/c1-4-31-24-23(27-16-19-13-9-6-10-14-19)22-21(29-25(2,3)30-22)20(28-24)17-26-15-18-11-7-5-8-12-18/h5-14,20-24H,4,15-17H2,1-3H3/t20-,21+,22+,23-,24+/m1/s1. The van der Waals surface area contributed by atoms with Gasteiger partial charge in [-0.1, -0.05) is 67.6 Å². The molecule has 4 rings (SSSR count). The van der Waals surface area contributed by atoms with E-state index in [1.165, 1.54) is 0 Å². The van der Waals surface area contributed by atoms with E-state index >= 15 is 0 Å². The van der Waals surface area contributed by atoms with E-state index in [1.54, 1.807) is 11.8 Å². The third kappa shape index (κ3) is 5.89. The van der Waals surface area contributed by atoms with Crippen LogP contribution < -0.4 is 0 Å². The molecule has 0 bridgehead atoms. The topological polar surface area (TPSA) is 46.2 Å². The second-order valence-electron chi connectivity index (χ2n) is 8.32. The minimum absolute atomic E-state index is 0.141. The highest BCUT2D eigenvalue weighted by Gasteiger charge is 2.55. The van der Waals surface area contributed by atoms with Crippen molar-refractivity contribution in [3.63, 3.8) is 0 Å². The molecule has 2 saturated heterocycles. The number of rotatable bonds is 9. The van der Waals surface area contributed by atoms with Gasteiger partial charge in [0.15, 0.2) is 5.79 Å². The summed E-state index contributed by atoms with van der Waals surface area (Å²) in [7, 11) is 0. The number of thioether (sulfide) groups is 1. The van der Waals surface area contributed by atoms with Crippen molar-refractivity contribution >= 4 is 11.8 Å². The van der Waals surface area contributed by atoms with Gasteiger partial charge in [0, 0.05) is 0 Å². The lowest BCUT2D eigenvalue weighted by Gasteiger charge is -2.41. The molecule has 6 heteroatoms. The predicted molar refractivity (Wildman–Crippen MR) is 122 cm³/mol. The van der Waals surface area contributed by atoms with Crippen LogP contribution in [0.1, 0.15) is 31.9 Å². The number of ether oxygens (including phenoxy) is 5. The van der Waals surface area contributed by atoms with E-state index in [1.807, 2.05) is 50.2 Å². The van der Waals surface area contributed by atoms with E-state index in [2.05, 4.69) is 31.2 Å². The Morgan fingerprint density at radius 3 is 2.13 bits per heavy atom. The third-order valence-corrected chi connectivity index (χ3v) is 6.48. The molecule has 2 aliphatic rings. The van der Waals surface area contributed by atoms with Gasteiger partial charge in [-0.15, -0.1) is 11.8 Å². The minimum Gasteiger partial charge on any atom is -0.374 e. The molecule has 31 heavy (non-hydrogen) atoms. The summed E-state index contributed by atoms with van der Waals surface area (Å²) in [6, 6.07) is 20.4. The zero-order chi connectivity index (χ0) is 21.7. The summed E-state index contributed by atoms with van der Waals surface area (Å²) in [5.74, 6) is 0.242. The molecule has 5 nitrogen and oxygen atoms in total. The van der Waals surface area contributed by atoms with Gasteiger partial charge in [0.25, 0.3) is 0 Å². The fourth-order valence-corrected chi connectivity index (χ4v) is 5.05. The fraction of sp³-hybridized carbons (Fsp3) is 0.520. The van der Waals surface area contributed by atoms with Crippen molar-refractivity contribution < 1.29 is 23.7 Å². The number of hydrogen-bond acceptors (Lipinski definition) is 6. The van der Waals surface area contributed by atoms with E-state index in [0.717, 1.165) is 16.9 Å². The van der Waals surface area contributed by atoms with Crippen LogP contribution in [0.4, 0.5) is 0 Å². The van der Waals surface area contributed by atoms with Crippen LogP contribution in [-0.4, -0.2) is 48.0 Å². The van der Waals surface area contributed by atoms with Gasteiger partial charge in [-0.2, -0.15) is 0 Å². The van der Waals surface area contributed by atoms with Crippen molar-refractivity contribution in [3.05, 3.63) is 71.8 Å². The van der Waals surface area contributed by atoms with Gasteiger partial charge in [0.2, 0.25) is 0 Å². The zero-order valence-electron chi connectivity index (χ0n) is 18.4. The largest absolute Gasteiger partial charge is 0.374 e. The molecule has 0 N–H and O–H groups in total. The van der Waals surface area contributed by atoms with Crippen molar-refractivity contribution in [2.45, 2.75) is 69.6 Å². The molecule has 0 aliphatic carbocycles. The fourth-order valence-electron chi connectivity index (χ4n) is 4.08. The van der Waals surface area contributed by atoms with E-state index < -0.39 is 5.79 Å². The zero-order valence-corrected chi connectivity index (χ0v) is 19.3. The van der Waals surface area contributed by atoms with Crippen LogP contribution in [0, 0.1) is 0 Å². The molecule has 168 valence electrons. The highest BCUT2D eigenvalue weighted by atomic mass is 32.2. The first-order valence-electron chi connectivity index (χ1n) is 11.0. The lowest BCUT2D eigenvalue weighted by Crippen LogP contribution is -2.57. The summed E-state index contributed by atoms with van der Waals surface area (Å²) in [5.41, 5.74) is 2.13. The average molecular weight is 445 g/mol. The van der Waals surface area contributed by atoms with Gasteiger partial charge in [0.1, 0.15) is 29.9 Å². The Kier molecular flexibility index (Phi) is 7.69. The number of benzene rings is 2. The molecule has 0 aromatic heterocycles. The van der Waals surface area contributed by atoms with Crippen LogP contribution in [0.15, 0.2) is 60.7 Å². The van der Waals surface area contributed by atoms with E-state index in [-0.39, 0.29) is 29.9 Å². The normalized spacial score (nSPS) is 29.6. The second kappa shape index (κ2) is 10.5. The molecule has 2 heterocycles. The Balaban J connectivity index is 1.45. The maximum Gasteiger partial charge on any atom is 0.164 e. The van der Waals surface area contributed by atoms with Crippen LogP contribution in [0.3, 0.4) is 0 Å². The van der Waals surface area contributed by atoms with Crippen molar-refractivity contribution in [1.82, 2.24) is 0 Å². The van der Waals surface area contributed by atoms with Gasteiger partial charge >= 0.3 is 0 Å². The molecular formula is C25H32O5S. The minimum atomic E-state index is -0.684. The third-order valence-electron chi connectivity index (χ3n) is 5.44. The smallest absolute Gasteiger partial charge is 0.164 e. The van der Waals surface area contributed by atoms with Crippen molar-refractivity contribution in [2.75, 3.05) is 12.4 Å². The first-order valence-corrected chi connectivity index (χ1v) is 12.0. The molecular weight excluding hydrogens is 412 g/mol. The molecule has 2 aromatic carbocycles. The lowest BCUT2D eigenvalue weighted by molar-refractivity contribution is -0.192. The van der Waals surface area contributed by atoms with Gasteiger partial charge < -0.3 is 23.7 Å². The van der Waals surface area contributed by atoms with E-state index in [0.29, 0.717) is 19.8 Å². The molecule has 0 unspecified atom stereocenters. The average Bonchev–Trinajstić information content (AvgIpc) is 3.10. The molecule has 2 aliphatic heterocycles. The van der Waals surface area contributed by atoms with Gasteiger partial charge in [-0.3, -0.25) is 0 Å². The lowest BCUT2D eigenvalue weighted by atomic mass is 10.00. The monoisotopic (exact) mass is 444 g/mol. The van der Waals surface area contributed by atoms with Crippen molar-refractivity contribution in [3.8, 4) is 0 Å². The molecule has 0 spiro atoms. The van der Waals surface area contributed by atoms with Crippen LogP contribution in [0.2, 0.25) is 0 Å². The number of fused-ring (bicyclic) bond motifs is 1. The highest BCUT2D eigenvalue weighted by molar-refractivity contribution is 7.99. The first-order chi connectivity index (χ1) is 15.1. The first kappa shape index (κ1) is 22.8. The Bertz CT molecular complexity index is 800. The quantitative estimate of drug-likeness (QED) is 0.554. The maximum absolute atomic E-state index is 6.48. The summed E-state index contributed by atoms with van der Waals surface area (Å²) in [5, 5.41) is 0.